The summed E-state index contributed by atoms with van der Waals surface area (Å²) in [5.41, 5.74) is 1.07. The molecule has 0 fully saturated rings. The molecule has 2 N–H and O–H groups in total. The summed E-state index contributed by atoms with van der Waals surface area (Å²) < 4.78 is 17.6. The lowest BCUT2D eigenvalue weighted by atomic mass is 10.2. The van der Waals surface area contributed by atoms with E-state index in [1.807, 2.05) is 0 Å². The number of carbonyl (C=O) groups is 3. The zero-order valence-electron chi connectivity index (χ0n) is 12.8. The van der Waals surface area contributed by atoms with Gasteiger partial charge in [-0.2, -0.15) is 0 Å². The molecule has 0 heterocycles. The second kappa shape index (κ2) is 7.87. The number of rotatable bonds is 5. The SMILES string of the molecule is CNC(=O)c1ccc(NC(=O)COC(=O)c2ccc(F)cc2)cc1. The number of amides is 2. The molecule has 0 aliphatic heterocycles. The normalized spacial score (nSPS) is 9.92. The summed E-state index contributed by atoms with van der Waals surface area (Å²) in [4.78, 5) is 34.8. The van der Waals surface area contributed by atoms with Crippen LogP contribution in [0.4, 0.5) is 10.1 Å². The van der Waals surface area contributed by atoms with E-state index in [4.69, 9.17) is 4.74 Å². The molecule has 2 amide bonds. The van der Waals surface area contributed by atoms with E-state index in [2.05, 4.69) is 10.6 Å². The topological polar surface area (TPSA) is 84.5 Å². The third-order valence-corrected chi connectivity index (χ3v) is 3.07. The van der Waals surface area contributed by atoms with Crippen molar-refractivity contribution in [1.29, 1.82) is 0 Å². The summed E-state index contributed by atoms with van der Waals surface area (Å²) in [6, 6.07) is 11.0. The van der Waals surface area contributed by atoms with Crippen LogP contribution in [0, 0.1) is 5.82 Å². The molecule has 0 spiro atoms. The molecule has 0 radical (unpaired) electrons. The lowest BCUT2D eigenvalue weighted by molar-refractivity contribution is -0.119. The predicted octanol–water partition coefficient (Wildman–Crippen LogP) is 1.98. The third kappa shape index (κ3) is 4.64. The Bertz CT molecular complexity index is 742. The van der Waals surface area contributed by atoms with Gasteiger partial charge in [-0.3, -0.25) is 9.59 Å². The van der Waals surface area contributed by atoms with Gasteiger partial charge in [-0.15, -0.1) is 0 Å². The maximum atomic E-state index is 12.8. The first-order chi connectivity index (χ1) is 11.5. The van der Waals surface area contributed by atoms with Crippen LogP contribution in [0.5, 0.6) is 0 Å². The van der Waals surface area contributed by atoms with Crippen molar-refractivity contribution >= 4 is 23.5 Å². The number of anilines is 1. The molecule has 0 unspecified atom stereocenters. The molecule has 6 nitrogen and oxygen atoms in total. The van der Waals surface area contributed by atoms with Crippen molar-refractivity contribution in [3.63, 3.8) is 0 Å². The van der Waals surface area contributed by atoms with Crippen LogP contribution in [-0.4, -0.2) is 31.4 Å². The number of carbonyl (C=O) groups excluding carboxylic acids is 3. The van der Waals surface area contributed by atoms with Gasteiger partial charge in [0.15, 0.2) is 6.61 Å². The van der Waals surface area contributed by atoms with Gasteiger partial charge in [-0.1, -0.05) is 0 Å². The largest absolute Gasteiger partial charge is 0.452 e. The molecule has 0 saturated heterocycles. The van der Waals surface area contributed by atoms with E-state index < -0.39 is 24.3 Å². The fraction of sp³-hybridized carbons (Fsp3) is 0.118. The number of ether oxygens (including phenoxy) is 1. The molecular weight excluding hydrogens is 315 g/mol. The van der Waals surface area contributed by atoms with Gasteiger partial charge in [0.1, 0.15) is 5.82 Å². The van der Waals surface area contributed by atoms with Crippen molar-refractivity contribution in [2.24, 2.45) is 0 Å². The van der Waals surface area contributed by atoms with E-state index in [0.29, 0.717) is 11.3 Å². The molecule has 124 valence electrons. The Morgan fingerprint density at radius 3 is 2.12 bits per heavy atom. The fourth-order valence-corrected chi connectivity index (χ4v) is 1.85. The Balaban J connectivity index is 1.85. The van der Waals surface area contributed by atoms with Crippen LogP contribution in [0.1, 0.15) is 20.7 Å². The molecule has 2 aromatic rings. The Hall–Kier alpha value is -3.22. The molecule has 0 aliphatic carbocycles. The van der Waals surface area contributed by atoms with Gasteiger partial charge in [0.05, 0.1) is 5.56 Å². The van der Waals surface area contributed by atoms with Crippen molar-refractivity contribution < 1.29 is 23.5 Å². The lowest BCUT2D eigenvalue weighted by Crippen LogP contribution is -2.21. The number of hydrogen-bond acceptors (Lipinski definition) is 4. The Labute approximate surface area is 137 Å². The van der Waals surface area contributed by atoms with E-state index in [-0.39, 0.29) is 11.5 Å². The van der Waals surface area contributed by atoms with Crippen LogP contribution in [0.2, 0.25) is 0 Å². The molecule has 0 aliphatic rings. The van der Waals surface area contributed by atoms with Crippen LogP contribution in [-0.2, 0) is 9.53 Å². The van der Waals surface area contributed by atoms with Gasteiger partial charge in [-0.25, -0.2) is 9.18 Å². The Morgan fingerprint density at radius 2 is 1.54 bits per heavy atom. The fourth-order valence-electron chi connectivity index (χ4n) is 1.85. The smallest absolute Gasteiger partial charge is 0.338 e. The third-order valence-electron chi connectivity index (χ3n) is 3.07. The maximum Gasteiger partial charge on any atom is 0.338 e. The number of hydrogen-bond donors (Lipinski definition) is 2. The second-order valence-electron chi connectivity index (χ2n) is 4.79. The van der Waals surface area contributed by atoms with Gasteiger partial charge in [0, 0.05) is 18.3 Å². The summed E-state index contributed by atoms with van der Waals surface area (Å²) in [5.74, 6) is -1.95. The van der Waals surface area contributed by atoms with Crippen LogP contribution < -0.4 is 10.6 Å². The molecule has 0 aromatic heterocycles. The highest BCUT2D eigenvalue weighted by molar-refractivity contribution is 5.97. The predicted molar refractivity (Wildman–Crippen MR) is 85.1 cm³/mol. The number of nitrogens with one attached hydrogen (secondary N) is 2. The van der Waals surface area contributed by atoms with E-state index in [1.165, 1.54) is 19.2 Å². The highest BCUT2D eigenvalue weighted by atomic mass is 19.1. The highest BCUT2D eigenvalue weighted by Gasteiger charge is 2.11. The van der Waals surface area contributed by atoms with Crippen LogP contribution in [0.15, 0.2) is 48.5 Å². The molecule has 7 heteroatoms. The molecule has 0 bridgehead atoms. The van der Waals surface area contributed by atoms with E-state index in [9.17, 15) is 18.8 Å². The van der Waals surface area contributed by atoms with Gasteiger partial charge < -0.3 is 15.4 Å². The van der Waals surface area contributed by atoms with Gasteiger partial charge >= 0.3 is 5.97 Å². The molecule has 2 rings (SSSR count). The number of halogens is 1. The quantitative estimate of drug-likeness (QED) is 0.821. The highest BCUT2D eigenvalue weighted by Crippen LogP contribution is 2.10. The van der Waals surface area contributed by atoms with Gasteiger partial charge in [0.25, 0.3) is 11.8 Å². The van der Waals surface area contributed by atoms with Gasteiger partial charge in [0.2, 0.25) is 0 Å². The first-order valence-electron chi connectivity index (χ1n) is 7.04. The number of benzene rings is 2. The maximum absolute atomic E-state index is 12.8. The van der Waals surface area contributed by atoms with Crippen molar-refractivity contribution in [3.8, 4) is 0 Å². The molecule has 0 saturated carbocycles. The summed E-state index contributed by atoms with van der Waals surface area (Å²) in [6.07, 6.45) is 0. The second-order valence-corrected chi connectivity index (χ2v) is 4.79. The summed E-state index contributed by atoms with van der Waals surface area (Å²) >= 11 is 0. The molecule has 0 atom stereocenters. The average molecular weight is 330 g/mol. The lowest BCUT2D eigenvalue weighted by Gasteiger charge is -2.07. The summed E-state index contributed by atoms with van der Waals surface area (Å²) in [6.45, 7) is -0.479. The zero-order chi connectivity index (χ0) is 17.5. The first-order valence-corrected chi connectivity index (χ1v) is 7.04. The first kappa shape index (κ1) is 17.1. The minimum absolute atomic E-state index is 0.152. The molecule has 2 aromatic carbocycles. The van der Waals surface area contributed by atoms with Crippen molar-refractivity contribution in [2.75, 3.05) is 19.0 Å². The molecular formula is C17H15FN2O4. The molecule has 24 heavy (non-hydrogen) atoms. The monoisotopic (exact) mass is 330 g/mol. The number of esters is 1. The van der Waals surface area contributed by atoms with Crippen molar-refractivity contribution in [2.45, 2.75) is 0 Å². The van der Waals surface area contributed by atoms with E-state index in [1.54, 1.807) is 24.3 Å². The Kier molecular flexibility index (Phi) is 5.62. The zero-order valence-corrected chi connectivity index (χ0v) is 12.8. The average Bonchev–Trinajstić information content (AvgIpc) is 2.60. The minimum Gasteiger partial charge on any atom is -0.452 e. The van der Waals surface area contributed by atoms with Crippen LogP contribution in [0.25, 0.3) is 0 Å². The standard InChI is InChI=1S/C17H15FN2O4/c1-19-16(22)11-4-8-14(9-5-11)20-15(21)10-24-17(23)12-2-6-13(18)7-3-12/h2-9H,10H2,1H3,(H,19,22)(H,20,21). The van der Waals surface area contributed by atoms with Crippen molar-refractivity contribution in [3.05, 3.63) is 65.5 Å². The Morgan fingerprint density at radius 1 is 0.958 bits per heavy atom. The summed E-state index contributed by atoms with van der Waals surface area (Å²) in [7, 11) is 1.52. The minimum atomic E-state index is -0.722. The summed E-state index contributed by atoms with van der Waals surface area (Å²) in [5, 5.41) is 5.02. The van der Waals surface area contributed by atoms with Crippen molar-refractivity contribution in [1.82, 2.24) is 5.32 Å². The van der Waals surface area contributed by atoms with E-state index >= 15 is 0 Å². The van der Waals surface area contributed by atoms with Crippen LogP contribution in [0.3, 0.4) is 0 Å². The van der Waals surface area contributed by atoms with Crippen LogP contribution >= 0.6 is 0 Å². The van der Waals surface area contributed by atoms with Gasteiger partial charge in [-0.05, 0) is 48.5 Å². The van der Waals surface area contributed by atoms with E-state index in [0.717, 1.165) is 12.1 Å².